The summed E-state index contributed by atoms with van der Waals surface area (Å²) in [6, 6.07) is 2.34. The van der Waals surface area contributed by atoms with Gasteiger partial charge in [-0.25, -0.2) is 4.98 Å². The first-order chi connectivity index (χ1) is 8.19. The van der Waals surface area contributed by atoms with Gasteiger partial charge in [0.05, 0.1) is 0 Å². The summed E-state index contributed by atoms with van der Waals surface area (Å²) in [5.41, 5.74) is 0. The van der Waals surface area contributed by atoms with Gasteiger partial charge in [0, 0.05) is 19.0 Å². The van der Waals surface area contributed by atoms with Crippen LogP contribution in [0.4, 0.5) is 5.13 Å². The maximum atomic E-state index is 11.4. The van der Waals surface area contributed by atoms with E-state index in [0.29, 0.717) is 29.0 Å². The lowest BCUT2D eigenvalue weighted by atomic mass is 10.4. The van der Waals surface area contributed by atoms with Crippen LogP contribution in [-0.4, -0.2) is 23.5 Å². The fourth-order valence-corrected chi connectivity index (χ4v) is 2.23. The molecule has 1 saturated carbocycles. The average Bonchev–Trinajstić information content (AvgIpc) is 3.01. The van der Waals surface area contributed by atoms with Crippen LogP contribution in [0.25, 0.3) is 0 Å². The van der Waals surface area contributed by atoms with Gasteiger partial charge in [-0.1, -0.05) is 22.9 Å². The molecule has 0 aromatic carbocycles. The highest BCUT2D eigenvalue weighted by Crippen LogP contribution is 2.25. The van der Waals surface area contributed by atoms with Crippen LogP contribution in [0.1, 0.15) is 24.1 Å². The van der Waals surface area contributed by atoms with E-state index >= 15 is 0 Å². The van der Waals surface area contributed by atoms with E-state index < -0.39 is 0 Å². The molecule has 2 rings (SSSR count). The predicted octanol–water partition coefficient (Wildman–Crippen LogP) is 1.75. The van der Waals surface area contributed by atoms with Crippen molar-refractivity contribution in [2.75, 3.05) is 11.9 Å². The van der Waals surface area contributed by atoms with Gasteiger partial charge in [0.1, 0.15) is 10.9 Å². The van der Waals surface area contributed by atoms with Crippen molar-refractivity contribution in [2.45, 2.75) is 25.3 Å². The molecule has 2 N–H and O–H groups in total. The second-order valence-corrected chi connectivity index (χ2v) is 5.13. The zero-order valence-corrected chi connectivity index (χ0v) is 10.6. The first kappa shape index (κ1) is 12.1. The number of rotatable bonds is 5. The van der Waals surface area contributed by atoms with Gasteiger partial charge in [-0.3, -0.25) is 4.79 Å². The SMILES string of the molecule is N#Cc1sc(NCCC(=O)NC2CC2)nc1Cl. The van der Waals surface area contributed by atoms with Crippen molar-refractivity contribution >= 4 is 34.0 Å². The summed E-state index contributed by atoms with van der Waals surface area (Å²) in [6.07, 6.45) is 2.58. The smallest absolute Gasteiger partial charge is 0.221 e. The van der Waals surface area contributed by atoms with E-state index in [4.69, 9.17) is 16.9 Å². The van der Waals surface area contributed by atoms with E-state index in [1.807, 2.05) is 6.07 Å². The highest BCUT2D eigenvalue weighted by molar-refractivity contribution is 7.16. The van der Waals surface area contributed by atoms with Gasteiger partial charge < -0.3 is 10.6 Å². The number of nitrogens with zero attached hydrogens (tertiary/aromatic N) is 2. The summed E-state index contributed by atoms with van der Waals surface area (Å²) >= 11 is 6.91. The molecule has 0 radical (unpaired) electrons. The van der Waals surface area contributed by atoms with E-state index in [9.17, 15) is 4.79 Å². The predicted molar refractivity (Wildman–Crippen MR) is 66.1 cm³/mol. The number of thiazole rings is 1. The Hall–Kier alpha value is -1.32. The Labute approximate surface area is 108 Å². The Morgan fingerprint density at radius 1 is 1.65 bits per heavy atom. The lowest BCUT2D eigenvalue weighted by Gasteiger charge is -2.03. The Bertz CT molecular complexity index is 463. The van der Waals surface area contributed by atoms with Crippen molar-refractivity contribution in [3.63, 3.8) is 0 Å². The third kappa shape index (κ3) is 3.58. The number of nitriles is 1. The zero-order valence-electron chi connectivity index (χ0n) is 8.99. The van der Waals surface area contributed by atoms with Crippen LogP contribution in [0.5, 0.6) is 0 Å². The van der Waals surface area contributed by atoms with Crippen LogP contribution in [0.15, 0.2) is 0 Å². The quantitative estimate of drug-likeness (QED) is 0.854. The number of hydrogen-bond acceptors (Lipinski definition) is 5. The first-order valence-electron chi connectivity index (χ1n) is 5.28. The zero-order chi connectivity index (χ0) is 12.3. The monoisotopic (exact) mass is 270 g/mol. The second-order valence-electron chi connectivity index (χ2n) is 3.77. The normalized spacial score (nSPS) is 14.1. The minimum Gasteiger partial charge on any atom is -0.361 e. The van der Waals surface area contributed by atoms with E-state index in [1.165, 1.54) is 11.3 Å². The number of hydrogen-bond donors (Lipinski definition) is 2. The van der Waals surface area contributed by atoms with Crippen molar-refractivity contribution in [2.24, 2.45) is 0 Å². The number of amides is 1. The Kier molecular flexibility index (Phi) is 3.82. The molecule has 1 aromatic heterocycles. The Balaban J connectivity index is 1.73. The summed E-state index contributed by atoms with van der Waals surface area (Å²) in [7, 11) is 0. The van der Waals surface area contributed by atoms with Gasteiger partial charge in [0.25, 0.3) is 0 Å². The number of carbonyl (C=O) groups excluding carboxylic acids is 1. The molecule has 1 fully saturated rings. The van der Waals surface area contributed by atoms with Gasteiger partial charge >= 0.3 is 0 Å². The third-order valence-electron chi connectivity index (χ3n) is 2.26. The molecule has 1 heterocycles. The molecule has 1 aliphatic rings. The molecule has 90 valence electrons. The molecule has 0 spiro atoms. The van der Waals surface area contributed by atoms with Crippen LogP contribution in [0.2, 0.25) is 5.15 Å². The van der Waals surface area contributed by atoms with Gasteiger partial charge in [-0.05, 0) is 12.8 Å². The van der Waals surface area contributed by atoms with Crippen molar-refractivity contribution < 1.29 is 4.79 Å². The fourth-order valence-electron chi connectivity index (χ4n) is 1.26. The largest absolute Gasteiger partial charge is 0.361 e. The van der Waals surface area contributed by atoms with Crippen molar-refractivity contribution in [3.05, 3.63) is 10.0 Å². The third-order valence-corrected chi connectivity index (χ3v) is 3.56. The lowest BCUT2D eigenvalue weighted by molar-refractivity contribution is -0.120. The van der Waals surface area contributed by atoms with Crippen LogP contribution >= 0.6 is 22.9 Å². The molecule has 0 aliphatic heterocycles. The number of aromatic nitrogens is 1. The maximum absolute atomic E-state index is 11.4. The number of carbonyl (C=O) groups is 1. The Morgan fingerprint density at radius 3 is 3.00 bits per heavy atom. The summed E-state index contributed by atoms with van der Waals surface area (Å²) in [5.74, 6) is 0.0446. The van der Waals surface area contributed by atoms with Gasteiger partial charge in [-0.2, -0.15) is 5.26 Å². The second kappa shape index (κ2) is 5.34. The standard InChI is InChI=1S/C10H11ClN4OS/c11-9-7(5-12)17-10(15-9)13-4-3-8(16)14-6-1-2-6/h6H,1-4H2,(H,13,15)(H,14,16). The van der Waals surface area contributed by atoms with E-state index in [-0.39, 0.29) is 11.1 Å². The molecular formula is C10H11ClN4OS. The van der Waals surface area contributed by atoms with E-state index in [0.717, 1.165) is 12.8 Å². The van der Waals surface area contributed by atoms with Gasteiger partial charge in [0.2, 0.25) is 5.91 Å². The molecule has 1 aliphatic carbocycles. The van der Waals surface area contributed by atoms with Crippen LogP contribution in [0.3, 0.4) is 0 Å². The molecule has 5 nitrogen and oxygen atoms in total. The van der Waals surface area contributed by atoms with Crippen molar-refractivity contribution in [3.8, 4) is 6.07 Å². The highest BCUT2D eigenvalue weighted by atomic mass is 35.5. The minimum atomic E-state index is 0.0446. The summed E-state index contributed by atoms with van der Waals surface area (Å²) in [6.45, 7) is 0.493. The number of nitrogens with one attached hydrogen (secondary N) is 2. The highest BCUT2D eigenvalue weighted by Gasteiger charge is 2.22. The first-order valence-corrected chi connectivity index (χ1v) is 6.48. The fraction of sp³-hybridized carbons (Fsp3) is 0.500. The number of anilines is 1. The molecule has 0 atom stereocenters. The van der Waals surface area contributed by atoms with Crippen LogP contribution in [-0.2, 0) is 4.79 Å². The van der Waals surface area contributed by atoms with Crippen molar-refractivity contribution in [1.29, 1.82) is 5.26 Å². The maximum Gasteiger partial charge on any atom is 0.221 e. The molecule has 1 amide bonds. The van der Waals surface area contributed by atoms with Crippen LogP contribution in [0, 0.1) is 11.3 Å². The molecule has 1 aromatic rings. The number of halogens is 1. The van der Waals surface area contributed by atoms with Crippen molar-refractivity contribution in [1.82, 2.24) is 10.3 Å². The molecule has 17 heavy (non-hydrogen) atoms. The molecule has 0 bridgehead atoms. The summed E-state index contributed by atoms with van der Waals surface area (Å²) in [5, 5.41) is 15.4. The molecule has 0 unspecified atom stereocenters. The average molecular weight is 271 g/mol. The van der Waals surface area contributed by atoms with Gasteiger partial charge in [-0.15, -0.1) is 0 Å². The van der Waals surface area contributed by atoms with Crippen LogP contribution < -0.4 is 10.6 Å². The summed E-state index contributed by atoms with van der Waals surface area (Å²) < 4.78 is 0. The van der Waals surface area contributed by atoms with Gasteiger partial charge in [0.15, 0.2) is 10.3 Å². The summed E-state index contributed by atoms with van der Waals surface area (Å²) in [4.78, 5) is 15.7. The van der Waals surface area contributed by atoms with E-state index in [1.54, 1.807) is 0 Å². The molecular weight excluding hydrogens is 260 g/mol. The lowest BCUT2D eigenvalue weighted by Crippen LogP contribution is -2.27. The Morgan fingerprint density at radius 2 is 2.41 bits per heavy atom. The molecule has 0 saturated heterocycles. The minimum absolute atomic E-state index is 0.0446. The molecule has 7 heteroatoms. The topological polar surface area (TPSA) is 77.8 Å². The van der Waals surface area contributed by atoms with E-state index in [2.05, 4.69) is 15.6 Å².